The van der Waals surface area contributed by atoms with Gasteiger partial charge in [0.1, 0.15) is 6.61 Å². The van der Waals surface area contributed by atoms with Gasteiger partial charge in [0.05, 0.1) is 6.61 Å². The van der Waals surface area contributed by atoms with E-state index in [-0.39, 0.29) is 19.4 Å². The van der Waals surface area contributed by atoms with Gasteiger partial charge in [0, 0.05) is 12.8 Å². The lowest BCUT2D eigenvalue weighted by molar-refractivity contribution is -0.161. The first kappa shape index (κ1) is 50.8. The summed E-state index contributed by atoms with van der Waals surface area (Å²) in [5.74, 6) is -0.877. The molecule has 52 heavy (non-hydrogen) atoms. The molecule has 2 N–H and O–H groups in total. The summed E-state index contributed by atoms with van der Waals surface area (Å²) in [5, 5.41) is 0. The fraction of sp³-hybridized carbons (Fsp3) is 0.907. The second-order valence-electron chi connectivity index (χ2n) is 15.0. The normalized spacial score (nSPS) is 12.5. The van der Waals surface area contributed by atoms with Crippen molar-refractivity contribution in [3.8, 4) is 0 Å². The lowest BCUT2D eigenvalue weighted by atomic mass is 10.0. The van der Waals surface area contributed by atoms with Crippen LogP contribution in [-0.4, -0.2) is 41.0 Å². The molecule has 0 saturated heterocycles. The van der Waals surface area contributed by atoms with Crippen molar-refractivity contribution in [1.29, 1.82) is 0 Å². The largest absolute Gasteiger partial charge is 0.469 e. The average molecular weight is 759 g/mol. The van der Waals surface area contributed by atoms with Crippen LogP contribution in [0, 0.1) is 0 Å². The van der Waals surface area contributed by atoms with E-state index < -0.39 is 32.5 Å². The molecule has 0 amide bonds. The first-order valence-corrected chi connectivity index (χ1v) is 23.5. The van der Waals surface area contributed by atoms with Gasteiger partial charge >= 0.3 is 19.8 Å². The minimum absolute atomic E-state index is 0.211. The van der Waals surface area contributed by atoms with E-state index in [1.165, 1.54) is 154 Å². The highest BCUT2D eigenvalue weighted by Gasteiger charge is 2.22. The van der Waals surface area contributed by atoms with Gasteiger partial charge in [-0.15, -0.1) is 0 Å². The van der Waals surface area contributed by atoms with Crippen LogP contribution in [0.1, 0.15) is 232 Å². The molecule has 0 radical (unpaired) electrons. The van der Waals surface area contributed by atoms with E-state index in [4.69, 9.17) is 19.3 Å². The number of phosphoric acid groups is 1. The van der Waals surface area contributed by atoms with E-state index in [1.54, 1.807) is 0 Å². The summed E-state index contributed by atoms with van der Waals surface area (Å²) in [5.41, 5.74) is 0. The lowest BCUT2D eigenvalue weighted by Gasteiger charge is -2.18. The molecule has 0 unspecified atom stereocenters. The van der Waals surface area contributed by atoms with Crippen molar-refractivity contribution in [3.63, 3.8) is 0 Å². The van der Waals surface area contributed by atoms with Crippen LogP contribution >= 0.6 is 7.82 Å². The summed E-state index contributed by atoms with van der Waals surface area (Å²) in [6, 6.07) is 0. The molecule has 0 aromatic carbocycles. The maximum atomic E-state index is 12.4. The summed E-state index contributed by atoms with van der Waals surface area (Å²) in [7, 11) is -4.75. The Morgan fingerprint density at radius 2 is 0.808 bits per heavy atom. The first-order valence-electron chi connectivity index (χ1n) is 22.0. The van der Waals surface area contributed by atoms with Crippen LogP contribution in [0.4, 0.5) is 0 Å². The Kier molecular flexibility index (Phi) is 38.6. The van der Waals surface area contributed by atoms with E-state index in [9.17, 15) is 14.2 Å². The third-order valence-corrected chi connectivity index (χ3v) is 10.3. The zero-order chi connectivity index (χ0) is 38.2. The zero-order valence-corrected chi connectivity index (χ0v) is 34.9. The average Bonchev–Trinajstić information content (AvgIpc) is 3.11. The lowest BCUT2D eigenvalue weighted by Crippen LogP contribution is -2.29. The Hall–Kier alpha value is -1.21. The SMILES string of the molecule is CCCCCC/C=C/CCCCCCCCCC(=O)O[C@H](COC(=O)CCCCCCCCCCCCCCCCCCCCC)COP(=O)(O)O. The number of allylic oxidation sites excluding steroid dienone is 2. The number of hydrogen-bond acceptors (Lipinski definition) is 6. The van der Waals surface area contributed by atoms with Gasteiger partial charge in [-0.3, -0.25) is 14.1 Å². The molecule has 0 aromatic rings. The topological polar surface area (TPSA) is 119 Å². The smallest absolute Gasteiger partial charge is 0.462 e. The number of unbranched alkanes of at least 4 members (excludes halogenated alkanes) is 29. The van der Waals surface area contributed by atoms with Gasteiger partial charge in [0.25, 0.3) is 0 Å². The third kappa shape index (κ3) is 41.5. The molecule has 0 aliphatic rings. The molecule has 308 valence electrons. The number of phosphoric ester groups is 1. The monoisotopic (exact) mass is 759 g/mol. The zero-order valence-electron chi connectivity index (χ0n) is 34.0. The van der Waals surface area contributed by atoms with E-state index in [2.05, 4.69) is 30.5 Å². The Morgan fingerprint density at radius 3 is 1.19 bits per heavy atom. The van der Waals surface area contributed by atoms with Gasteiger partial charge < -0.3 is 19.3 Å². The van der Waals surface area contributed by atoms with Gasteiger partial charge in [-0.25, -0.2) is 4.57 Å². The Bertz CT molecular complexity index is 858. The van der Waals surface area contributed by atoms with Crippen molar-refractivity contribution in [1.82, 2.24) is 0 Å². The second kappa shape index (κ2) is 39.5. The molecule has 0 aliphatic carbocycles. The van der Waals surface area contributed by atoms with Crippen molar-refractivity contribution in [2.24, 2.45) is 0 Å². The van der Waals surface area contributed by atoms with Crippen LogP contribution in [0.5, 0.6) is 0 Å². The highest BCUT2D eigenvalue weighted by Crippen LogP contribution is 2.36. The summed E-state index contributed by atoms with van der Waals surface area (Å²) in [6.45, 7) is 3.70. The van der Waals surface area contributed by atoms with Crippen LogP contribution in [0.25, 0.3) is 0 Å². The predicted molar refractivity (Wildman–Crippen MR) is 216 cm³/mol. The number of hydrogen-bond donors (Lipinski definition) is 2. The van der Waals surface area contributed by atoms with Crippen LogP contribution in [-0.2, 0) is 28.2 Å². The van der Waals surface area contributed by atoms with E-state index in [0.29, 0.717) is 6.42 Å². The van der Waals surface area contributed by atoms with Gasteiger partial charge in [0.2, 0.25) is 0 Å². The molecule has 9 heteroatoms. The quantitative estimate of drug-likeness (QED) is 0.0274. The fourth-order valence-electron chi connectivity index (χ4n) is 6.49. The highest BCUT2D eigenvalue weighted by molar-refractivity contribution is 7.46. The summed E-state index contributed by atoms with van der Waals surface area (Å²) < 4.78 is 26.4. The molecule has 8 nitrogen and oxygen atoms in total. The Balaban J connectivity index is 3.84. The maximum absolute atomic E-state index is 12.4. The molecular formula is C43H83O8P. The number of ether oxygens (including phenoxy) is 2. The molecule has 0 heterocycles. The van der Waals surface area contributed by atoms with Crippen molar-refractivity contribution in [2.75, 3.05) is 13.2 Å². The predicted octanol–water partition coefficient (Wildman–Crippen LogP) is 13.4. The van der Waals surface area contributed by atoms with Crippen molar-refractivity contribution in [3.05, 3.63) is 12.2 Å². The molecule has 1 atom stereocenters. The second-order valence-corrected chi connectivity index (χ2v) is 16.3. The third-order valence-electron chi connectivity index (χ3n) is 9.78. The maximum Gasteiger partial charge on any atom is 0.469 e. The standard InChI is InChI=1S/C43H83O8P/c1-3-5-7-9-11-13-15-17-19-20-21-22-24-25-27-29-31-33-35-37-42(44)49-39-41(40-50-52(46,47)48)51-43(45)38-36-34-32-30-28-26-23-18-16-14-12-10-8-6-4-2/h14,16,41H,3-13,15,17-40H2,1-2H3,(H2,46,47,48)/b16-14+/t41-/m1/s1. The number of carbonyl (C=O) groups is 2. The van der Waals surface area contributed by atoms with E-state index in [0.717, 1.165) is 44.9 Å². The van der Waals surface area contributed by atoms with E-state index in [1.807, 2.05) is 0 Å². The molecule has 0 saturated carbocycles. The molecule has 0 spiro atoms. The van der Waals surface area contributed by atoms with Gasteiger partial charge in [-0.05, 0) is 38.5 Å². The molecule has 0 bridgehead atoms. The van der Waals surface area contributed by atoms with Crippen molar-refractivity contribution in [2.45, 2.75) is 238 Å². The first-order chi connectivity index (χ1) is 25.3. The number of rotatable bonds is 41. The van der Waals surface area contributed by atoms with E-state index >= 15 is 0 Å². The number of esters is 2. The Labute approximate surface area is 320 Å². The molecule has 0 fully saturated rings. The Morgan fingerprint density at radius 1 is 0.481 bits per heavy atom. The summed E-state index contributed by atoms with van der Waals surface area (Å²) >= 11 is 0. The minimum Gasteiger partial charge on any atom is -0.462 e. The fourth-order valence-corrected chi connectivity index (χ4v) is 6.85. The highest BCUT2D eigenvalue weighted by atomic mass is 31.2. The van der Waals surface area contributed by atoms with Gasteiger partial charge in [0.15, 0.2) is 6.10 Å². The van der Waals surface area contributed by atoms with Crippen molar-refractivity contribution >= 4 is 19.8 Å². The summed E-state index contributed by atoms with van der Waals surface area (Å²) in [4.78, 5) is 42.9. The van der Waals surface area contributed by atoms with Crippen LogP contribution < -0.4 is 0 Å². The van der Waals surface area contributed by atoms with Gasteiger partial charge in [-0.1, -0.05) is 193 Å². The minimum atomic E-state index is -4.75. The van der Waals surface area contributed by atoms with Crippen LogP contribution in [0.2, 0.25) is 0 Å². The van der Waals surface area contributed by atoms with Crippen molar-refractivity contribution < 1.29 is 37.9 Å². The molecule has 0 aromatic heterocycles. The van der Waals surface area contributed by atoms with Crippen LogP contribution in [0.3, 0.4) is 0 Å². The number of carbonyl (C=O) groups excluding carboxylic acids is 2. The van der Waals surface area contributed by atoms with Gasteiger partial charge in [-0.2, -0.15) is 0 Å². The summed E-state index contributed by atoms with van der Waals surface area (Å²) in [6.07, 6.45) is 43.6. The molecule has 0 aliphatic heterocycles. The van der Waals surface area contributed by atoms with Crippen LogP contribution in [0.15, 0.2) is 12.2 Å². The molecule has 0 rings (SSSR count). The molecular weight excluding hydrogens is 675 g/mol.